The molecule has 0 aliphatic heterocycles. The highest BCUT2D eigenvalue weighted by molar-refractivity contribution is 7.97. The molecule has 0 heterocycles. The number of aryl methyl sites for hydroxylation is 1. The summed E-state index contributed by atoms with van der Waals surface area (Å²) >= 11 is 7.29. The molecule has 122 valence electrons. The highest BCUT2D eigenvalue weighted by Crippen LogP contribution is 2.26. The van der Waals surface area contributed by atoms with E-state index in [0.29, 0.717) is 12.3 Å². The molecule has 0 unspecified atom stereocenters. The minimum atomic E-state index is -0.671. The average molecular weight is 345 g/mol. The first kappa shape index (κ1) is 17.6. The summed E-state index contributed by atoms with van der Waals surface area (Å²) < 4.78 is 13.9. The van der Waals surface area contributed by atoms with Crippen molar-refractivity contribution in [2.45, 2.75) is 45.4 Å². The number of hydrogen-bond donors (Lipinski definition) is 2. The summed E-state index contributed by atoms with van der Waals surface area (Å²) in [6.45, 7) is 1.93. The molecule has 1 saturated carbocycles. The molecule has 3 nitrogen and oxygen atoms in total. The van der Waals surface area contributed by atoms with E-state index in [1.165, 1.54) is 44.1 Å². The van der Waals surface area contributed by atoms with Crippen LogP contribution in [0.4, 0.5) is 4.39 Å². The van der Waals surface area contributed by atoms with Gasteiger partial charge < -0.3 is 0 Å². The first-order valence-electron chi connectivity index (χ1n) is 7.76. The molecule has 2 rings (SSSR count). The van der Waals surface area contributed by atoms with E-state index in [4.69, 9.17) is 11.6 Å². The molecule has 1 aromatic rings. The number of rotatable bonds is 6. The maximum Gasteiger partial charge on any atom is 0.269 e. The second-order valence-corrected chi connectivity index (χ2v) is 6.90. The second-order valence-electron chi connectivity index (χ2n) is 5.66. The smallest absolute Gasteiger partial charge is 0.269 e. The maximum atomic E-state index is 13.9. The molecule has 6 heteroatoms. The van der Waals surface area contributed by atoms with Gasteiger partial charge in [0, 0.05) is 5.75 Å². The summed E-state index contributed by atoms with van der Waals surface area (Å²) in [5.41, 5.74) is 3.35. The molecule has 2 N–H and O–H groups in total. The van der Waals surface area contributed by atoms with Gasteiger partial charge in [-0.2, -0.15) is 4.83 Å². The van der Waals surface area contributed by atoms with Gasteiger partial charge in [-0.1, -0.05) is 49.7 Å². The Hall–Kier alpha value is -0.780. The molecule has 0 bridgehead atoms. The Bertz CT molecular complexity index is 521. The highest BCUT2D eigenvalue weighted by atomic mass is 35.5. The average Bonchev–Trinajstić information content (AvgIpc) is 2.54. The first-order chi connectivity index (χ1) is 10.6. The summed E-state index contributed by atoms with van der Waals surface area (Å²) in [4.78, 5) is 14.9. The number of nitrogens with one attached hydrogen (secondary N) is 2. The zero-order valence-corrected chi connectivity index (χ0v) is 14.3. The van der Waals surface area contributed by atoms with E-state index in [1.807, 2.05) is 6.92 Å². The van der Waals surface area contributed by atoms with Gasteiger partial charge in [-0.05, 0) is 42.9 Å². The Morgan fingerprint density at radius 3 is 2.77 bits per heavy atom. The summed E-state index contributed by atoms with van der Waals surface area (Å²) in [6, 6.07) is 3.10. The van der Waals surface area contributed by atoms with Crippen LogP contribution in [0.2, 0.25) is 5.02 Å². The number of hydrazine groups is 1. The van der Waals surface area contributed by atoms with Crippen LogP contribution < -0.4 is 10.3 Å². The van der Waals surface area contributed by atoms with E-state index >= 15 is 0 Å². The Morgan fingerprint density at radius 2 is 2.09 bits per heavy atom. The minimum Gasteiger partial charge on any atom is -0.277 e. The normalized spacial score (nSPS) is 15.8. The highest BCUT2D eigenvalue weighted by Gasteiger charge is 2.17. The third-order valence-electron chi connectivity index (χ3n) is 4.02. The zero-order valence-electron chi connectivity index (χ0n) is 12.8. The van der Waals surface area contributed by atoms with Crippen molar-refractivity contribution in [1.82, 2.24) is 10.3 Å². The van der Waals surface area contributed by atoms with Gasteiger partial charge in [0.05, 0.1) is 10.6 Å². The predicted molar refractivity (Wildman–Crippen MR) is 90.4 cm³/mol. The van der Waals surface area contributed by atoms with Gasteiger partial charge in [0.1, 0.15) is 0 Å². The van der Waals surface area contributed by atoms with E-state index in [1.54, 1.807) is 12.1 Å². The van der Waals surface area contributed by atoms with Gasteiger partial charge in [0.25, 0.3) is 5.91 Å². The number of carbonyl (C=O) groups is 1. The van der Waals surface area contributed by atoms with Crippen molar-refractivity contribution in [3.63, 3.8) is 0 Å². The van der Waals surface area contributed by atoms with E-state index in [9.17, 15) is 9.18 Å². The lowest BCUT2D eigenvalue weighted by atomic mass is 9.91. The summed E-state index contributed by atoms with van der Waals surface area (Å²) in [5, 5.41) is -0.0145. The molecular formula is C16H22ClFN2OS. The van der Waals surface area contributed by atoms with Crippen molar-refractivity contribution in [3.8, 4) is 0 Å². The molecule has 0 spiro atoms. The van der Waals surface area contributed by atoms with Gasteiger partial charge in [-0.3, -0.25) is 10.2 Å². The molecule has 0 radical (unpaired) electrons. The molecule has 22 heavy (non-hydrogen) atoms. The molecule has 0 atom stereocenters. The van der Waals surface area contributed by atoms with Crippen LogP contribution in [-0.2, 0) is 6.42 Å². The lowest BCUT2D eigenvalue weighted by Crippen LogP contribution is -2.34. The number of benzene rings is 1. The summed E-state index contributed by atoms with van der Waals surface area (Å²) in [5.74, 6) is 0.498. The fourth-order valence-corrected chi connectivity index (χ4v) is 3.74. The number of carbonyl (C=O) groups excluding carboxylic acids is 1. The van der Waals surface area contributed by atoms with Crippen molar-refractivity contribution >= 4 is 29.5 Å². The summed E-state index contributed by atoms with van der Waals surface area (Å²) in [7, 11) is 0. The molecule has 1 aromatic carbocycles. The van der Waals surface area contributed by atoms with Crippen LogP contribution in [0.15, 0.2) is 12.1 Å². The van der Waals surface area contributed by atoms with Crippen LogP contribution >= 0.6 is 23.5 Å². The van der Waals surface area contributed by atoms with Gasteiger partial charge in [0.2, 0.25) is 0 Å². The molecule has 1 aliphatic carbocycles. The van der Waals surface area contributed by atoms with Crippen molar-refractivity contribution < 1.29 is 9.18 Å². The third-order valence-corrected chi connectivity index (χ3v) is 5.18. The largest absolute Gasteiger partial charge is 0.277 e. The van der Waals surface area contributed by atoms with Crippen LogP contribution in [0.25, 0.3) is 0 Å². The van der Waals surface area contributed by atoms with Crippen LogP contribution in [0.3, 0.4) is 0 Å². The fourth-order valence-electron chi connectivity index (χ4n) is 2.68. The first-order valence-corrected chi connectivity index (χ1v) is 9.13. The van der Waals surface area contributed by atoms with Crippen LogP contribution in [0, 0.1) is 11.7 Å². The van der Waals surface area contributed by atoms with E-state index in [2.05, 4.69) is 10.3 Å². The lowest BCUT2D eigenvalue weighted by Gasteiger charge is -2.20. The van der Waals surface area contributed by atoms with Crippen LogP contribution in [0.5, 0.6) is 0 Å². The lowest BCUT2D eigenvalue weighted by molar-refractivity contribution is 0.0943. The van der Waals surface area contributed by atoms with Crippen molar-refractivity contribution in [2.24, 2.45) is 5.92 Å². The molecule has 1 amide bonds. The Kier molecular flexibility index (Phi) is 6.99. The fraction of sp³-hybridized carbons (Fsp3) is 0.562. The van der Waals surface area contributed by atoms with Gasteiger partial charge in [0.15, 0.2) is 5.82 Å². The third kappa shape index (κ3) is 4.86. The molecule has 1 aliphatic rings. The van der Waals surface area contributed by atoms with Gasteiger partial charge >= 0.3 is 0 Å². The number of halogens is 2. The van der Waals surface area contributed by atoms with E-state index in [0.717, 1.165) is 11.3 Å². The monoisotopic (exact) mass is 344 g/mol. The summed E-state index contributed by atoms with van der Waals surface area (Å²) in [6.07, 6.45) is 7.14. The van der Waals surface area contributed by atoms with Crippen LogP contribution in [-0.4, -0.2) is 11.7 Å². The topological polar surface area (TPSA) is 41.1 Å². The SMILES string of the molecule is CCc1cc(Cl)c(F)c(C(=O)NNSCC2CCCCC2)c1. The molecule has 1 fully saturated rings. The van der Waals surface area contributed by atoms with Crippen LogP contribution in [0.1, 0.15) is 54.9 Å². The zero-order chi connectivity index (χ0) is 15.9. The quantitative estimate of drug-likeness (QED) is 0.453. The molecular weight excluding hydrogens is 323 g/mol. The van der Waals surface area contributed by atoms with Gasteiger partial charge in [-0.15, -0.1) is 0 Å². The minimum absolute atomic E-state index is 0.0145. The second kappa shape index (κ2) is 8.75. The Balaban J connectivity index is 1.83. The van der Waals surface area contributed by atoms with Gasteiger partial charge in [-0.25, -0.2) is 4.39 Å². The van der Waals surface area contributed by atoms with E-state index < -0.39 is 11.7 Å². The molecule has 0 aromatic heterocycles. The van der Waals surface area contributed by atoms with Crippen molar-refractivity contribution in [1.29, 1.82) is 0 Å². The Morgan fingerprint density at radius 1 is 1.36 bits per heavy atom. The Labute approximate surface area is 140 Å². The number of hydrogen-bond acceptors (Lipinski definition) is 3. The van der Waals surface area contributed by atoms with Crippen molar-refractivity contribution in [2.75, 3.05) is 5.75 Å². The molecule has 0 saturated heterocycles. The predicted octanol–water partition coefficient (Wildman–Crippen LogP) is 4.50. The van der Waals surface area contributed by atoms with Crippen molar-refractivity contribution in [3.05, 3.63) is 34.1 Å². The van der Waals surface area contributed by atoms with E-state index in [-0.39, 0.29) is 10.6 Å². The standard InChI is InChI=1S/C16H22ClFN2OS/c1-2-11-8-13(15(18)14(17)9-11)16(21)19-20-22-10-12-6-4-3-5-7-12/h8-9,12,20H,2-7,10H2,1H3,(H,19,21). The number of amides is 1. The maximum absolute atomic E-state index is 13.9.